The molecule has 4 rings (SSSR count). The topological polar surface area (TPSA) is 101 Å². The molecule has 0 bridgehead atoms. The number of rotatable bonds is 6. The minimum atomic E-state index is -1.42. The van der Waals surface area contributed by atoms with Crippen molar-refractivity contribution in [1.82, 2.24) is 0 Å². The van der Waals surface area contributed by atoms with Crippen LogP contribution < -0.4 is 9.64 Å². The molecule has 0 fully saturated rings. The highest BCUT2D eigenvalue weighted by atomic mass is 32.1. The normalized spacial score (nSPS) is 13.6. The summed E-state index contributed by atoms with van der Waals surface area (Å²) in [5.74, 6) is -5.39. The summed E-state index contributed by atoms with van der Waals surface area (Å²) in [6.45, 7) is 3.00. The number of amides is 2. The van der Waals surface area contributed by atoms with Crippen molar-refractivity contribution in [1.29, 1.82) is 0 Å². The third-order valence-electron chi connectivity index (χ3n) is 5.97. The molecule has 1 aromatic heterocycles. The number of hydrogen-bond acceptors (Lipinski definition) is 6. The molecule has 0 aliphatic carbocycles. The highest BCUT2D eigenvalue weighted by Crippen LogP contribution is 2.37. The molecule has 2 amide bonds. The molecule has 0 saturated heterocycles. The number of aromatic carboxylic acids is 1. The van der Waals surface area contributed by atoms with E-state index in [-0.39, 0.29) is 39.3 Å². The van der Waals surface area contributed by atoms with Crippen molar-refractivity contribution in [3.63, 3.8) is 0 Å². The van der Waals surface area contributed by atoms with Crippen LogP contribution in [0.4, 0.5) is 14.5 Å². The van der Waals surface area contributed by atoms with Crippen LogP contribution in [0.1, 0.15) is 55.4 Å². The maximum absolute atomic E-state index is 14.9. The quantitative estimate of drug-likeness (QED) is 0.392. The molecule has 0 atom stereocenters. The fraction of sp³-hybridized carbons (Fsp3) is 0.200. The Kier molecular flexibility index (Phi) is 6.02. The van der Waals surface area contributed by atoms with Crippen molar-refractivity contribution in [3.05, 3.63) is 80.5 Å². The largest absolute Gasteiger partial charge is 0.496 e. The summed E-state index contributed by atoms with van der Waals surface area (Å²) in [5, 5.41) is 10.8. The van der Waals surface area contributed by atoms with E-state index in [1.54, 1.807) is 0 Å². The van der Waals surface area contributed by atoms with E-state index < -0.39 is 46.3 Å². The Morgan fingerprint density at radius 1 is 1.11 bits per heavy atom. The van der Waals surface area contributed by atoms with Gasteiger partial charge in [0.05, 0.1) is 35.8 Å². The molecule has 2 aromatic carbocycles. The van der Waals surface area contributed by atoms with Crippen LogP contribution in [0.3, 0.4) is 0 Å². The summed E-state index contributed by atoms with van der Waals surface area (Å²) in [5.41, 5.74) is -1.83. The molecule has 2 heterocycles. The lowest BCUT2D eigenvalue weighted by atomic mass is 9.77. The zero-order chi connectivity index (χ0) is 25.7. The predicted octanol–water partition coefficient (Wildman–Crippen LogP) is 4.62. The number of carbonyl (C=O) groups is 4. The SMILES string of the molecule is COc1cccc(F)c1C(=O)C(C)(C)c1ccc(F)c(N2C(=O)Cc3csc(C(=O)O)c3C2=O)c1. The van der Waals surface area contributed by atoms with Crippen molar-refractivity contribution < 1.29 is 37.8 Å². The number of Topliss-reactive ketones (excluding diaryl/α,β-unsaturated/α-hetero) is 1. The Balaban J connectivity index is 1.80. The lowest BCUT2D eigenvalue weighted by Crippen LogP contribution is -2.43. The Labute approximate surface area is 202 Å². The number of thiophene rings is 1. The maximum atomic E-state index is 14.9. The van der Waals surface area contributed by atoms with Gasteiger partial charge in [-0.1, -0.05) is 12.1 Å². The van der Waals surface area contributed by atoms with Crippen LogP contribution in [0, 0.1) is 11.6 Å². The number of hydrogen-bond donors (Lipinski definition) is 1. The molecule has 10 heteroatoms. The number of carbonyl (C=O) groups excluding carboxylic acids is 3. The number of ketones is 1. The number of methoxy groups -OCH3 is 1. The summed E-state index contributed by atoms with van der Waals surface area (Å²) in [6.07, 6.45) is -0.288. The van der Waals surface area contributed by atoms with E-state index in [0.717, 1.165) is 23.5 Å². The van der Waals surface area contributed by atoms with Crippen molar-refractivity contribution in [2.45, 2.75) is 25.7 Å². The molecule has 0 unspecified atom stereocenters. The summed E-state index contributed by atoms with van der Waals surface area (Å²) in [4.78, 5) is 51.2. The minimum absolute atomic E-state index is 0.0259. The first-order valence-corrected chi connectivity index (χ1v) is 11.2. The summed E-state index contributed by atoms with van der Waals surface area (Å²) in [6, 6.07) is 7.43. The number of benzene rings is 2. The van der Waals surface area contributed by atoms with E-state index in [9.17, 15) is 33.1 Å². The van der Waals surface area contributed by atoms with Gasteiger partial charge in [-0.25, -0.2) is 18.5 Å². The lowest BCUT2D eigenvalue weighted by Gasteiger charge is -2.29. The number of imide groups is 1. The zero-order valence-corrected chi connectivity index (χ0v) is 19.7. The van der Waals surface area contributed by atoms with Crippen LogP contribution in [-0.4, -0.2) is 35.8 Å². The molecular formula is C25H19F2NO6S. The summed E-state index contributed by atoms with van der Waals surface area (Å²) in [7, 11) is 1.30. The zero-order valence-electron chi connectivity index (χ0n) is 18.8. The predicted molar refractivity (Wildman–Crippen MR) is 124 cm³/mol. The van der Waals surface area contributed by atoms with E-state index in [1.807, 2.05) is 0 Å². The van der Waals surface area contributed by atoms with Crippen LogP contribution in [-0.2, 0) is 16.6 Å². The van der Waals surface area contributed by atoms with E-state index >= 15 is 0 Å². The molecule has 1 aliphatic heterocycles. The Bertz CT molecular complexity index is 1410. The second kappa shape index (κ2) is 8.70. The Morgan fingerprint density at radius 2 is 1.83 bits per heavy atom. The Morgan fingerprint density at radius 3 is 2.49 bits per heavy atom. The van der Waals surface area contributed by atoms with Gasteiger partial charge in [0.2, 0.25) is 5.91 Å². The van der Waals surface area contributed by atoms with Crippen LogP contribution in [0.5, 0.6) is 5.75 Å². The number of ether oxygens (including phenoxy) is 1. The van der Waals surface area contributed by atoms with Gasteiger partial charge in [-0.05, 0) is 54.6 Å². The number of carboxylic acids is 1. The molecule has 3 aromatic rings. The van der Waals surface area contributed by atoms with E-state index in [1.165, 1.54) is 50.6 Å². The molecule has 35 heavy (non-hydrogen) atoms. The number of fused-ring (bicyclic) bond motifs is 1. The second-order valence-electron chi connectivity index (χ2n) is 8.42. The average Bonchev–Trinajstić information content (AvgIpc) is 3.23. The van der Waals surface area contributed by atoms with Crippen LogP contribution in [0.2, 0.25) is 0 Å². The number of halogens is 2. The fourth-order valence-corrected chi connectivity index (χ4v) is 4.94. The van der Waals surface area contributed by atoms with Crippen molar-refractivity contribution in [3.8, 4) is 5.75 Å². The highest BCUT2D eigenvalue weighted by Gasteiger charge is 2.40. The van der Waals surface area contributed by atoms with Crippen molar-refractivity contribution in [2.24, 2.45) is 0 Å². The molecular weight excluding hydrogens is 480 g/mol. The van der Waals surface area contributed by atoms with Crippen molar-refractivity contribution in [2.75, 3.05) is 12.0 Å². The van der Waals surface area contributed by atoms with Gasteiger partial charge >= 0.3 is 5.97 Å². The first-order valence-electron chi connectivity index (χ1n) is 10.4. The molecule has 0 radical (unpaired) electrons. The van der Waals surface area contributed by atoms with Crippen LogP contribution in [0.15, 0.2) is 41.8 Å². The monoisotopic (exact) mass is 499 g/mol. The van der Waals surface area contributed by atoms with Crippen molar-refractivity contribution >= 4 is 40.6 Å². The average molecular weight is 499 g/mol. The summed E-state index contributed by atoms with van der Waals surface area (Å²) >= 11 is 0.809. The van der Waals surface area contributed by atoms with Gasteiger partial charge in [0.1, 0.15) is 22.3 Å². The standard InChI is InChI=1S/C25H19F2NO6S/c1-25(2,22(30)20-15(27)5-4-6-17(20)34-3)13-7-8-14(26)16(10-13)28-18(29)9-12-11-35-21(24(32)33)19(12)23(28)31/h4-8,10-11H,9H2,1-3H3,(H,32,33). The fourth-order valence-electron chi connectivity index (χ4n) is 4.04. The van der Waals surface area contributed by atoms with E-state index in [2.05, 4.69) is 0 Å². The van der Waals surface area contributed by atoms with E-state index in [0.29, 0.717) is 4.90 Å². The number of anilines is 1. The Hall–Kier alpha value is -3.92. The second-order valence-corrected chi connectivity index (χ2v) is 9.30. The van der Waals surface area contributed by atoms with Gasteiger partial charge in [0.25, 0.3) is 5.91 Å². The third kappa shape index (κ3) is 3.89. The lowest BCUT2D eigenvalue weighted by molar-refractivity contribution is -0.117. The minimum Gasteiger partial charge on any atom is -0.496 e. The molecule has 1 N–H and O–H groups in total. The summed E-state index contributed by atoms with van der Waals surface area (Å²) < 4.78 is 34.6. The first-order chi connectivity index (χ1) is 16.5. The molecule has 7 nitrogen and oxygen atoms in total. The molecule has 1 aliphatic rings. The van der Waals surface area contributed by atoms with E-state index in [4.69, 9.17) is 4.74 Å². The van der Waals surface area contributed by atoms with Crippen LogP contribution in [0.25, 0.3) is 0 Å². The number of nitrogens with zero attached hydrogens (tertiary/aromatic N) is 1. The molecule has 0 spiro atoms. The van der Waals surface area contributed by atoms with Gasteiger partial charge in [-0.3, -0.25) is 14.4 Å². The molecule has 180 valence electrons. The highest BCUT2D eigenvalue weighted by molar-refractivity contribution is 7.12. The first kappa shape index (κ1) is 24.2. The van der Waals surface area contributed by atoms with Gasteiger partial charge in [-0.2, -0.15) is 0 Å². The van der Waals surface area contributed by atoms with Gasteiger partial charge < -0.3 is 9.84 Å². The maximum Gasteiger partial charge on any atom is 0.346 e. The van der Waals surface area contributed by atoms with Gasteiger partial charge in [0, 0.05) is 0 Å². The molecule has 0 saturated carbocycles. The number of carboxylic acid groups (broad SMARTS) is 1. The van der Waals surface area contributed by atoms with Gasteiger partial charge in [0.15, 0.2) is 5.78 Å². The third-order valence-corrected chi connectivity index (χ3v) is 6.99. The smallest absolute Gasteiger partial charge is 0.346 e. The van der Waals surface area contributed by atoms with Crippen LogP contribution >= 0.6 is 11.3 Å². The van der Waals surface area contributed by atoms with Gasteiger partial charge in [-0.15, -0.1) is 11.3 Å².